The Hall–Kier alpha value is -3.29. The fraction of sp³-hybridized carbons (Fsp3) is 0.424. The summed E-state index contributed by atoms with van der Waals surface area (Å²) >= 11 is 12.6. The molecule has 1 aliphatic rings. The maximum atomic E-state index is 12.7. The number of halogens is 2. The van der Waals surface area contributed by atoms with E-state index in [0.29, 0.717) is 39.9 Å². The summed E-state index contributed by atoms with van der Waals surface area (Å²) in [4.78, 5) is 37.6. The van der Waals surface area contributed by atoms with Gasteiger partial charge in [-0.25, -0.2) is 0 Å². The molecule has 1 aliphatic carbocycles. The van der Waals surface area contributed by atoms with Gasteiger partial charge in [-0.1, -0.05) is 86.0 Å². The molecule has 226 valence electrons. The highest BCUT2D eigenvalue weighted by Crippen LogP contribution is 2.34. The minimum absolute atomic E-state index is 0.00520. The van der Waals surface area contributed by atoms with Gasteiger partial charge in [-0.15, -0.1) is 0 Å². The fourth-order valence-electron chi connectivity index (χ4n) is 4.90. The highest BCUT2D eigenvalue weighted by molar-refractivity contribution is 6.39. The van der Waals surface area contributed by atoms with Crippen LogP contribution in [0.25, 0.3) is 0 Å². The van der Waals surface area contributed by atoms with Gasteiger partial charge in [-0.3, -0.25) is 14.4 Å². The first kappa shape index (κ1) is 33.2. The van der Waals surface area contributed by atoms with E-state index in [9.17, 15) is 14.4 Å². The first-order valence-electron chi connectivity index (χ1n) is 14.3. The number of nitrogens with one attached hydrogen (secondary N) is 1. The van der Waals surface area contributed by atoms with Gasteiger partial charge in [-0.2, -0.15) is 0 Å². The van der Waals surface area contributed by atoms with Crippen LogP contribution in [0.5, 0.6) is 0 Å². The molecule has 0 heterocycles. The van der Waals surface area contributed by atoms with Crippen molar-refractivity contribution in [3.8, 4) is 0 Å². The molecule has 2 aromatic carbocycles. The van der Waals surface area contributed by atoms with Gasteiger partial charge < -0.3 is 19.5 Å². The largest absolute Gasteiger partial charge is 0.489 e. The Balaban J connectivity index is 1.28. The second kappa shape index (κ2) is 17.0. The standard InChI is InChI=1S/C33H39Cl2NO6/c1-22-24(31(39)33(41-3)32(40-2)30(22)38)16-10-8-6-4-5-7-9-13-20-42-28(37)21-23-15-11-12-19-27(23)36-29-25(34)17-14-18-26(29)35/h11-12,14-15,17-19,36H,4-10,13,16,20-21H2,1-3H3. The Bertz CT molecular complexity index is 1310. The minimum atomic E-state index is -0.282. The second-order valence-electron chi connectivity index (χ2n) is 10.2. The van der Waals surface area contributed by atoms with Crippen molar-refractivity contribution in [3.05, 3.63) is 80.7 Å². The molecule has 0 atom stereocenters. The van der Waals surface area contributed by atoms with E-state index in [2.05, 4.69) is 5.32 Å². The number of benzene rings is 2. The van der Waals surface area contributed by atoms with Gasteiger partial charge in [0.25, 0.3) is 0 Å². The average molecular weight is 617 g/mol. The number of ether oxygens (including phenoxy) is 3. The third-order valence-corrected chi connectivity index (χ3v) is 7.88. The number of carbonyl (C=O) groups excluding carboxylic acids is 3. The predicted molar refractivity (Wildman–Crippen MR) is 166 cm³/mol. The number of allylic oxidation sites excluding steroid dienone is 2. The minimum Gasteiger partial charge on any atom is -0.489 e. The fourth-order valence-corrected chi connectivity index (χ4v) is 5.39. The van der Waals surface area contributed by atoms with Gasteiger partial charge in [0.2, 0.25) is 23.1 Å². The SMILES string of the molecule is COC1=C(OC)C(=O)C(CCCCCCCCCCOC(=O)Cc2ccccc2Nc2c(Cl)cccc2Cl)=C(C)C1=O. The van der Waals surface area contributed by atoms with Gasteiger partial charge >= 0.3 is 5.97 Å². The summed E-state index contributed by atoms with van der Waals surface area (Å²) in [7, 11) is 2.74. The van der Waals surface area contributed by atoms with Crippen LogP contribution in [0, 0.1) is 0 Å². The maximum absolute atomic E-state index is 12.7. The number of hydrogen-bond acceptors (Lipinski definition) is 7. The van der Waals surface area contributed by atoms with Crippen molar-refractivity contribution in [1.29, 1.82) is 0 Å². The Morgan fingerprint density at radius 1 is 0.762 bits per heavy atom. The number of ketones is 2. The number of rotatable bonds is 17. The zero-order chi connectivity index (χ0) is 30.5. The van der Waals surface area contributed by atoms with E-state index in [-0.39, 0.29) is 35.5 Å². The second-order valence-corrected chi connectivity index (χ2v) is 11.0. The quantitative estimate of drug-likeness (QED) is 0.109. The van der Waals surface area contributed by atoms with Crippen molar-refractivity contribution in [2.45, 2.75) is 71.1 Å². The number of anilines is 2. The molecule has 0 saturated carbocycles. The normalized spacial score (nSPS) is 13.5. The summed E-state index contributed by atoms with van der Waals surface area (Å²) in [6.45, 7) is 2.07. The van der Waals surface area contributed by atoms with E-state index in [1.54, 1.807) is 25.1 Å². The van der Waals surface area contributed by atoms with Crippen molar-refractivity contribution in [2.24, 2.45) is 0 Å². The van der Waals surface area contributed by atoms with Crippen LogP contribution in [0.1, 0.15) is 70.3 Å². The summed E-state index contributed by atoms with van der Waals surface area (Å²) < 4.78 is 15.7. The van der Waals surface area contributed by atoms with Crippen LogP contribution in [0.3, 0.4) is 0 Å². The molecule has 0 unspecified atom stereocenters. The third kappa shape index (κ3) is 9.10. The summed E-state index contributed by atoms with van der Waals surface area (Å²) in [5.74, 6) is -0.833. The van der Waals surface area contributed by atoms with Gasteiger partial charge in [0.1, 0.15) is 0 Å². The third-order valence-electron chi connectivity index (χ3n) is 7.25. The summed E-state index contributed by atoms with van der Waals surface area (Å²) in [5.41, 5.74) is 3.13. The van der Waals surface area contributed by atoms with Crippen molar-refractivity contribution in [3.63, 3.8) is 0 Å². The first-order valence-corrected chi connectivity index (χ1v) is 15.1. The molecule has 42 heavy (non-hydrogen) atoms. The van der Waals surface area contributed by atoms with Crippen molar-refractivity contribution in [2.75, 3.05) is 26.1 Å². The van der Waals surface area contributed by atoms with Crippen LogP contribution < -0.4 is 5.32 Å². The van der Waals surface area contributed by atoms with Crippen molar-refractivity contribution in [1.82, 2.24) is 0 Å². The molecule has 2 aromatic rings. The summed E-state index contributed by atoms with van der Waals surface area (Å²) in [6.07, 6.45) is 8.68. The predicted octanol–water partition coefficient (Wildman–Crippen LogP) is 8.31. The van der Waals surface area contributed by atoms with E-state index in [1.807, 2.05) is 24.3 Å². The van der Waals surface area contributed by atoms with Crippen LogP contribution in [-0.2, 0) is 35.0 Å². The lowest BCUT2D eigenvalue weighted by Gasteiger charge is -2.20. The monoisotopic (exact) mass is 615 g/mol. The molecule has 0 radical (unpaired) electrons. The Morgan fingerprint density at radius 2 is 1.33 bits per heavy atom. The van der Waals surface area contributed by atoms with E-state index >= 15 is 0 Å². The number of para-hydroxylation sites is 2. The van der Waals surface area contributed by atoms with Crippen LogP contribution >= 0.6 is 23.2 Å². The molecule has 7 nitrogen and oxygen atoms in total. The molecule has 3 rings (SSSR count). The molecule has 9 heteroatoms. The van der Waals surface area contributed by atoms with Gasteiger partial charge in [0.05, 0.1) is 43.0 Å². The van der Waals surface area contributed by atoms with Gasteiger partial charge in [0.15, 0.2) is 0 Å². The molecule has 0 saturated heterocycles. The lowest BCUT2D eigenvalue weighted by Crippen LogP contribution is -2.25. The Kier molecular flexibility index (Phi) is 13.4. The number of esters is 1. The molecular formula is C33H39Cl2NO6. The van der Waals surface area contributed by atoms with Crippen molar-refractivity contribution < 1.29 is 28.6 Å². The molecule has 1 N–H and O–H groups in total. The van der Waals surface area contributed by atoms with Crippen molar-refractivity contribution >= 4 is 52.1 Å². The van der Waals surface area contributed by atoms with Crippen LogP contribution in [0.2, 0.25) is 10.0 Å². The number of hydrogen-bond donors (Lipinski definition) is 1. The van der Waals surface area contributed by atoms with E-state index in [1.165, 1.54) is 14.2 Å². The van der Waals surface area contributed by atoms with E-state index in [4.69, 9.17) is 37.4 Å². The number of carbonyl (C=O) groups is 3. The zero-order valence-corrected chi connectivity index (χ0v) is 26.0. The van der Waals surface area contributed by atoms with E-state index < -0.39 is 0 Å². The van der Waals surface area contributed by atoms with Gasteiger partial charge in [0, 0.05) is 16.8 Å². The molecule has 0 bridgehead atoms. The summed E-state index contributed by atoms with van der Waals surface area (Å²) in [5, 5.41) is 4.24. The number of unbranched alkanes of at least 4 members (excludes halogenated alkanes) is 7. The summed E-state index contributed by atoms with van der Waals surface area (Å²) in [6, 6.07) is 12.8. The lowest BCUT2D eigenvalue weighted by atomic mass is 9.89. The lowest BCUT2D eigenvalue weighted by molar-refractivity contribution is -0.143. The zero-order valence-electron chi connectivity index (χ0n) is 24.5. The molecular weight excluding hydrogens is 577 g/mol. The van der Waals surface area contributed by atoms with Gasteiger partial charge in [-0.05, 0) is 49.9 Å². The Labute approximate surface area is 258 Å². The topological polar surface area (TPSA) is 90.9 Å². The molecule has 0 amide bonds. The van der Waals surface area contributed by atoms with Crippen LogP contribution in [0.4, 0.5) is 11.4 Å². The molecule has 0 spiro atoms. The average Bonchev–Trinajstić information content (AvgIpc) is 2.97. The highest BCUT2D eigenvalue weighted by atomic mass is 35.5. The van der Waals surface area contributed by atoms with Crippen LogP contribution in [-0.4, -0.2) is 38.4 Å². The number of Topliss-reactive ketones (excluding diaryl/α,β-unsaturated/α-hetero) is 2. The number of methoxy groups -OCH3 is 2. The van der Waals surface area contributed by atoms with Crippen LogP contribution in [0.15, 0.2) is 65.1 Å². The Morgan fingerprint density at radius 3 is 1.98 bits per heavy atom. The molecule has 0 aliphatic heterocycles. The first-order chi connectivity index (χ1) is 20.3. The molecule has 0 aromatic heterocycles. The smallest absolute Gasteiger partial charge is 0.310 e. The van der Waals surface area contributed by atoms with E-state index in [0.717, 1.165) is 62.6 Å². The maximum Gasteiger partial charge on any atom is 0.310 e. The highest BCUT2D eigenvalue weighted by Gasteiger charge is 2.34. The molecule has 0 fully saturated rings.